The summed E-state index contributed by atoms with van der Waals surface area (Å²) in [6.45, 7) is 1.54. The van der Waals surface area contributed by atoms with Crippen LogP contribution in [0.15, 0.2) is 104 Å². The molecule has 0 aliphatic heterocycles. The predicted molar refractivity (Wildman–Crippen MR) is 170 cm³/mol. The van der Waals surface area contributed by atoms with Crippen LogP contribution in [-0.4, -0.2) is 37.8 Å². The second-order valence-electron chi connectivity index (χ2n) is 10.3. The number of H-pyrrole nitrogens is 2. The minimum absolute atomic E-state index is 0.00982. The number of aromatic amines is 2. The van der Waals surface area contributed by atoms with Gasteiger partial charge in [0, 0.05) is 45.9 Å². The van der Waals surface area contributed by atoms with Crippen LogP contribution in [0.2, 0.25) is 0 Å². The number of aryl methyl sites for hydroxylation is 1. The van der Waals surface area contributed by atoms with E-state index in [9.17, 15) is 18.0 Å². The molecule has 6 rings (SSSR count). The van der Waals surface area contributed by atoms with E-state index in [1.54, 1.807) is 37.3 Å². The third kappa shape index (κ3) is 5.41. The Morgan fingerprint density at radius 3 is 2.37 bits per heavy atom. The number of aromatic nitrogens is 3. The number of hydrogen-bond acceptors (Lipinski definition) is 8. The summed E-state index contributed by atoms with van der Waals surface area (Å²) in [6.07, 6.45) is 2.72. The third-order valence-corrected chi connectivity index (χ3v) is 9.39. The molecular formula is C33H27FN4O7S. The van der Waals surface area contributed by atoms with Crippen molar-refractivity contribution < 1.29 is 26.8 Å². The first kappa shape index (κ1) is 30.3. The number of rotatable bonds is 9. The largest absolute Gasteiger partial charge is 0.497 e. The Labute approximate surface area is 261 Å². The van der Waals surface area contributed by atoms with Gasteiger partial charge in [0.1, 0.15) is 23.6 Å². The van der Waals surface area contributed by atoms with Crippen LogP contribution in [0.5, 0.6) is 11.5 Å². The van der Waals surface area contributed by atoms with Crippen LogP contribution in [0.25, 0.3) is 33.2 Å². The summed E-state index contributed by atoms with van der Waals surface area (Å²) in [5.41, 5.74) is 0.782. The lowest BCUT2D eigenvalue weighted by molar-refractivity contribution is 0.414. The minimum Gasteiger partial charge on any atom is -0.497 e. The van der Waals surface area contributed by atoms with E-state index in [4.69, 9.17) is 14.0 Å². The lowest BCUT2D eigenvalue weighted by Gasteiger charge is -2.25. The topological polar surface area (TPSA) is 148 Å². The van der Waals surface area contributed by atoms with E-state index in [0.717, 1.165) is 10.4 Å². The molecular weight excluding hydrogens is 615 g/mol. The van der Waals surface area contributed by atoms with E-state index in [1.165, 1.54) is 63.1 Å². The number of nitrogens with zero attached hydrogens (tertiary/aromatic N) is 2. The molecule has 0 aliphatic rings. The fourth-order valence-electron chi connectivity index (χ4n) is 5.37. The van der Waals surface area contributed by atoms with Crippen molar-refractivity contribution >= 4 is 26.7 Å². The molecule has 0 saturated heterocycles. The van der Waals surface area contributed by atoms with Gasteiger partial charge >= 0.3 is 0 Å². The van der Waals surface area contributed by atoms with Gasteiger partial charge in [-0.15, -0.1) is 0 Å². The Morgan fingerprint density at radius 2 is 1.70 bits per heavy atom. The molecule has 0 atom stereocenters. The molecule has 0 spiro atoms. The lowest BCUT2D eigenvalue weighted by Crippen LogP contribution is -2.31. The van der Waals surface area contributed by atoms with Crippen LogP contribution in [-0.2, 0) is 16.6 Å². The monoisotopic (exact) mass is 642 g/mol. The summed E-state index contributed by atoms with van der Waals surface area (Å²) in [7, 11) is -1.59. The highest BCUT2D eigenvalue weighted by molar-refractivity contribution is 7.93. The van der Waals surface area contributed by atoms with Gasteiger partial charge < -0.3 is 24.0 Å². The van der Waals surface area contributed by atoms with Gasteiger partial charge in [-0.2, -0.15) is 0 Å². The average molecular weight is 643 g/mol. The highest BCUT2D eigenvalue weighted by Gasteiger charge is 2.32. The number of sulfonamides is 1. The number of fused-ring (bicyclic) bond motifs is 1. The number of methoxy groups -OCH3 is 2. The molecule has 46 heavy (non-hydrogen) atoms. The Kier molecular flexibility index (Phi) is 7.92. The maximum absolute atomic E-state index is 16.1. The number of anilines is 1. The van der Waals surface area contributed by atoms with E-state index >= 15 is 4.39 Å². The summed E-state index contributed by atoms with van der Waals surface area (Å²) in [4.78, 5) is 30.0. The average Bonchev–Trinajstić information content (AvgIpc) is 3.58. The summed E-state index contributed by atoms with van der Waals surface area (Å²) >= 11 is 0. The van der Waals surface area contributed by atoms with Crippen molar-refractivity contribution in [3.63, 3.8) is 0 Å². The number of nitrogens with one attached hydrogen (secondary N) is 2. The first-order valence-corrected chi connectivity index (χ1v) is 15.3. The van der Waals surface area contributed by atoms with E-state index in [2.05, 4.69) is 15.1 Å². The van der Waals surface area contributed by atoms with E-state index in [-0.39, 0.29) is 45.3 Å². The van der Waals surface area contributed by atoms with Gasteiger partial charge in [-0.1, -0.05) is 17.3 Å². The van der Waals surface area contributed by atoms with E-state index in [0.29, 0.717) is 27.8 Å². The smallest absolute Gasteiger partial charge is 0.266 e. The molecule has 0 bridgehead atoms. The van der Waals surface area contributed by atoms with Crippen LogP contribution < -0.4 is 24.9 Å². The van der Waals surface area contributed by atoms with E-state index in [1.807, 2.05) is 0 Å². The predicted octanol–water partition coefficient (Wildman–Crippen LogP) is 5.40. The van der Waals surface area contributed by atoms with Crippen molar-refractivity contribution in [2.45, 2.75) is 18.4 Å². The van der Waals surface area contributed by atoms with Gasteiger partial charge in [0.25, 0.3) is 15.6 Å². The Hall–Kier alpha value is -5.69. The van der Waals surface area contributed by atoms with Crippen LogP contribution in [0.1, 0.15) is 11.1 Å². The fourth-order valence-corrected chi connectivity index (χ4v) is 6.98. The van der Waals surface area contributed by atoms with Crippen molar-refractivity contribution in [2.75, 3.05) is 18.5 Å². The highest BCUT2D eigenvalue weighted by Crippen LogP contribution is 2.43. The van der Waals surface area contributed by atoms with Crippen molar-refractivity contribution in [2.24, 2.45) is 0 Å². The molecule has 2 N–H and O–H groups in total. The molecule has 0 saturated carbocycles. The normalized spacial score (nSPS) is 11.5. The summed E-state index contributed by atoms with van der Waals surface area (Å²) in [6, 6.07) is 17.9. The fraction of sp³-hybridized carbons (Fsp3) is 0.121. The lowest BCUT2D eigenvalue weighted by atomic mass is 9.95. The summed E-state index contributed by atoms with van der Waals surface area (Å²) in [5.74, 6) is -0.0874. The maximum atomic E-state index is 16.1. The zero-order valence-electron chi connectivity index (χ0n) is 24.8. The van der Waals surface area contributed by atoms with Crippen molar-refractivity contribution in [3.8, 4) is 33.8 Å². The summed E-state index contributed by atoms with van der Waals surface area (Å²) < 4.78 is 62.4. The van der Waals surface area contributed by atoms with Crippen molar-refractivity contribution in [1.82, 2.24) is 15.1 Å². The number of benzene rings is 3. The first-order chi connectivity index (χ1) is 22.1. The van der Waals surface area contributed by atoms with Gasteiger partial charge in [0.05, 0.1) is 31.2 Å². The molecule has 3 heterocycles. The van der Waals surface area contributed by atoms with Crippen LogP contribution in [0.4, 0.5) is 10.2 Å². The first-order valence-electron chi connectivity index (χ1n) is 13.9. The molecule has 0 amide bonds. The highest BCUT2D eigenvalue weighted by atomic mass is 32.2. The number of pyridine rings is 2. The molecule has 13 heteroatoms. The van der Waals surface area contributed by atoms with Gasteiger partial charge in [0.2, 0.25) is 5.56 Å². The second-order valence-corrected chi connectivity index (χ2v) is 12.2. The Morgan fingerprint density at radius 1 is 0.913 bits per heavy atom. The van der Waals surface area contributed by atoms with Gasteiger partial charge in [0.15, 0.2) is 5.82 Å². The molecule has 6 aromatic rings. The molecule has 11 nitrogen and oxygen atoms in total. The minimum atomic E-state index is -4.48. The second kappa shape index (κ2) is 12.0. The number of ether oxygens (including phenoxy) is 2. The standard InChI is InChI=1S/C33H27FN4O7S/c1-19-12-14-35-33(40)31(19)23-17-27(44-3)24(16-25(23)34)32-22-8-11-30(39)36-26(22)9-10-28(32)46(41,42)38(29-13-15-45-37-29)18-20-4-6-21(43-2)7-5-20/h4-17H,18H2,1-3H3,(H,35,40)(H,36,39). The van der Waals surface area contributed by atoms with Gasteiger partial charge in [-0.3, -0.25) is 9.59 Å². The van der Waals surface area contributed by atoms with Crippen LogP contribution >= 0.6 is 0 Å². The zero-order chi connectivity index (χ0) is 32.6. The maximum Gasteiger partial charge on any atom is 0.266 e. The third-order valence-electron chi connectivity index (χ3n) is 7.60. The Balaban J connectivity index is 1.61. The molecule has 3 aromatic carbocycles. The van der Waals surface area contributed by atoms with Crippen molar-refractivity contribution in [1.29, 1.82) is 0 Å². The zero-order valence-corrected chi connectivity index (χ0v) is 25.6. The summed E-state index contributed by atoms with van der Waals surface area (Å²) in [5, 5.41) is 4.22. The van der Waals surface area contributed by atoms with Gasteiger partial charge in [-0.25, -0.2) is 17.1 Å². The number of hydrogen-bond donors (Lipinski definition) is 2. The molecule has 0 fully saturated rings. The van der Waals surface area contributed by atoms with Crippen molar-refractivity contribution in [3.05, 3.63) is 123 Å². The van der Waals surface area contributed by atoms with E-state index < -0.39 is 27.0 Å². The number of halogens is 1. The SMILES string of the molecule is COc1ccc(CN(c2ccon2)S(=O)(=O)c2ccc3[nH]c(=O)ccc3c2-c2cc(F)c(-c3c(C)cc[nH]c3=O)cc2OC)cc1. The quantitative estimate of drug-likeness (QED) is 0.213. The van der Waals surface area contributed by atoms with Crippen LogP contribution in [0, 0.1) is 12.7 Å². The molecule has 0 unspecified atom stereocenters. The van der Waals surface area contributed by atoms with Crippen LogP contribution in [0.3, 0.4) is 0 Å². The molecule has 3 aromatic heterocycles. The Bertz CT molecular complexity index is 2300. The molecule has 0 radical (unpaired) electrons. The van der Waals surface area contributed by atoms with Gasteiger partial charge in [-0.05, 0) is 66.6 Å². The molecule has 0 aliphatic carbocycles. The molecule has 234 valence electrons.